The summed E-state index contributed by atoms with van der Waals surface area (Å²) < 4.78 is 10.5. The fourth-order valence-electron chi connectivity index (χ4n) is 3.23. The highest BCUT2D eigenvalue weighted by molar-refractivity contribution is 6.13. The number of carbonyl (C=O) groups is 2. The van der Waals surface area contributed by atoms with Gasteiger partial charge in [0.2, 0.25) is 11.8 Å². The van der Waals surface area contributed by atoms with E-state index in [2.05, 4.69) is 9.98 Å². The molecule has 6 nitrogen and oxygen atoms in total. The Hall–Kier alpha value is -4.58. The lowest BCUT2D eigenvalue weighted by molar-refractivity contribution is -0.130. The van der Waals surface area contributed by atoms with Gasteiger partial charge in [-0.2, -0.15) is 0 Å². The van der Waals surface area contributed by atoms with E-state index < -0.39 is 11.9 Å². The van der Waals surface area contributed by atoms with Crippen LogP contribution in [0.2, 0.25) is 0 Å². The highest BCUT2D eigenvalue weighted by atomic mass is 16.6. The molecule has 0 aliphatic carbocycles. The topological polar surface area (TPSA) is 77.3 Å². The minimum atomic E-state index is -0.494. The Balaban J connectivity index is 1.36. The summed E-state index contributed by atoms with van der Waals surface area (Å²) in [6.07, 6.45) is 3.31. The molecule has 32 heavy (non-hydrogen) atoms. The predicted octanol–water partition coefficient (Wildman–Crippen LogP) is 4.38. The quantitative estimate of drug-likeness (QED) is 0.464. The fraction of sp³-hybridized carbons (Fsp3) is 0. The summed E-state index contributed by atoms with van der Waals surface area (Å²) in [4.78, 5) is 32.9. The Kier molecular flexibility index (Phi) is 5.01. The van der Waals surface area contributed by atoms with Crippen molar-refractivity contribution in [1.82, 2.24) is 0 Å². The second-order valence-corrected chi connectivity index (χ2v) is 7.07. The van der Waals surface area contributed by atoms with Crippen molar-refractivity contribution in [2.45, 2.75) is 0 Å². The van der Waals surface area contributed by atoms with Crippen LogP contribution in [0.25, 0.3) is 12.2 Å². The summed E-state index contributed by atoms with van der Waals surface area (Å²) in [5.74, 6) is -0.414. The van der Waals surface area contributed by atoms with Crippen molar-refractivity contribution in [3.05, 3.63) is 119 Å². The average Bonchev–Trinajstić information content (AvgIpc) is 3.38. The zero-order valence-corrected chi connectivity index (χ0v) is 16.8. The number of ether oxygens (including phenoxy) is 2. The molecule has 0 spiro atoms. The Labute approximate surface area is 183 Å². The molecule has 0 saturated carbocycles. The first-order chi connectivity index (χ1) is 15.7. The molecule has 0 atom stereocenters. The molecule has 0 amide bonds. The highest BCUT2D eigenvalue weighted by Gasteiger charge is 2.25. The highest BCUT2D eigenvalue weighted by Crippen LogP contribution is 2.21. The van der Waals surface area contributed by atoms with Gasteiger partial charge in [-0.3, -0.25) is 0 Å². The second-order valence-electron chi connectivity index (χ2n) is 7.07. The summed E-state index contributed by atoms with van der Waals surface area (Å²) in [6.45, 7) is 0. The van der Waals surface area contributed by atoms with E-state index in [0.717, 1.165) is 22.3 Å². The van der Waals surface area contributed by atoms with Crippen molar-refractivity contribution in [1.29, 1.82) is 0 Å². The molecule has 0 N–H and O–H groups in total. The van der Waals surface area contributed by atoms with Gasteiger partial charge >= 0.3 is 11.9 Å². The smallest absolute Gasteiger partial charge is 0.363 e. The molecule has 3 aromatic carbocycles. The zero-order chi connectivity index (χ0) is 21.9. The summed E-state index contributed by atoms with van der Waals surface area (Å²) in [7, 11) is 0. The molecule has 0 saturated heterocycles. The van der Waals surface area contributed by atoms with Crippen LogP contribution >= 0.6 is 0 Å². The molecule has 0 unspecified atom stereocenters. The van der Waals surface area contributed by atoms with Crippen LogP contribution in [0.15, 0.2) is 106 Å². The second kappa shape index (κ2) is 8.28. The third-order valence-electron chi connectivity index (χ3n) is 4.83. The van der Waals surface area contributed by atoms with Gasteiger partial charge in [0.15, 0.2) is 11.4 Å². The molecule has 2 aliphatic heterocycles. The maximum Gasteiger partial charge on any atom is 0.363 e. The predicted molar refractivity (Wildman–Crippen MR) is 121 cm³/mol. The van der Waals surface area contributed by atoms with Crippen molar-refractivity contribution in [3.63, 3.8) is 0 Å². The van der Waals surface area contributed by atoms with Crippen LogP contribution in [-0.2, 0) is 19.1 Å². The first-order valence-electron chi connectivity index (χ1n) is 9.92. The Morgan fingerprint density at radius 3 is 1.28 bits per heavy atom. The summed E-state index contributed by atoms with van der Waals surface area (Å²) in [6, 6.07) is 25.8. The summed E-state index contributed by atoms with van der Waals surface area (Å²) in [5.41, 5.74) is 3.49. The Morgan fingerprint density at radius 2 is 0.906 bits per heavy atom. The lowest BCUT2D eigenvalue weighted by Gasteiger charge is -1.98. The number of nitrogens with zero attached hydrogens (tertiary/aromatic N) is 2. The van der Waals surface area contributed by atoms with E-state index in [9.17, 15) is 9.59 Å². The lowest BCUT2D eigenvalue weighted by atomic mass is 10.1. The van der Waals surface area contributed by atoms with Crippen LogP contribution in [0.3, 0.4) is 0 Å². The van der Waals surface area contributed by atoms with Gasteiger partial charge in [-0.25, -0.2) is 19.6 Å². The van der Waals surface area contributed by atoms with E-state index in [1.165, 1.54) is 0 Å². The van der Waals surface area contributed by atoms with Gasteiger partial charge in [-0.05, 0) is 47.5 Å². The van der Waals surface area contributed by atoms with Gasteiger partial charge in [-0.1, -0.05) is 60.7 Å². The molecule has 154 valence electrons. The number of cyclic esters (lactones) is 2. The number of esters is 2. The van der Waals surface area contributed by atoms with Crippen molar-refractivity contribution in [2.75, 3.05) is 0 Å². The van der Waals surface area contributed by atoms with Gasteiger partial charge < -0.3 is 9.47 Å². The molecule has 2 heterocycles. The third-order valence-corrected chi connectivity index (χ3v) is 4.83. The summed E-state index contributed by atoms with van der Waals surface area (Å²) >= 11 is 0. The van der Waals surface area contributed by atoms with Gasteiger partial charge in [0.05, 0.1) is 0 Å². The van der Waals surface area contributed by atoms with Crippen LogP contribution in [0.1, 0.15) is 22.3 Å². The van der Waals surface area contributed by atoms with E-state index >= 15 is 0 Å². The number of carbonyl (C=O) groups excluding carboxylic acids is 2. The summed E-state index contributed by atoms with van der Waals surface area (Å²) in [5, 5.41) is 0. The van der Waals surface area contributed by atoms with Crippen molar-refractivity contribution < 1.29 is 19.1 Å². The van der Waals surface area contributed by atoms with E-state index in [-0.39, 0.29) is 23.2 Å². The molecule has 5 rings (SSSR count). The van der Waals surface area contributed by atoms with Crippen LogP contribution in [0, 0.1) is 0 Å². The van der Waals surface area contributed by atoms with Gasteiger partial charge in [0.25, 0.3) is 0 Å². The van der Waals surface area contributed by atoms with Gasteiger partial charge in [0.1, 0.15) is 0 Å². The minimum Gasteiger partial charge on any atom is -0.402 e. The molecule has 3 aromatic rings. The van der Waals surface area contributed by atoms with E-state index in [1.54, 1.807) is 12.2 Å². The molecular formula is C26H16N2O4. The number of benzene rings is 3. The van der Waals surface area contributed by atoms with E-state index in [1.807, 2.05) is 84.9 Å². The fourth-order valence-corrected chi connectivity index (χ4v) is 3.23. The largest absolute Gasteiger partial charge is 0.402 e. The third kappa shape index (κ3) is 4.02. The first kappa shape index (κ1) is 19.4. The van der Waals surface area contributed by atoms with Gasteiger partial charge in [-0.15, -0.1) is 0 Å². The maximum absolute atomic E-state index is 12.2. The normalized spacial score (nSPS) is 17.9. The minimum absolute atomic E-state index is 0.228. The van der Waals surface area contributed by atoms with E-state index in [4.69, 9.17) is 9.47 Å². The van der Waals surface area contributed by atoms with Crippen LogP contribution < -0.4 is 0 Å². The molecular weight excluding hydrogens is 404 g/mol. The van der Waals surface area contributed by atoms with Crippen LogP contribution in [0.4, 0.5) is 0 Å². The average molecular weight is 420 g/mol. The molecule has 0 aromatic heterocycles. The molecule has 0 radical (unpaired) electrons. The number of aliphatic imine (C=N–C) groups is 2. The molecule has 6 heteroatoms. The number of hydrogen-bond donors (Lipinski definition) is 0. The van der Waals surface area contributed by atoms with Crippen molar-refractivity contribution in [2.24, 2.45) is 9.98 Å². The number of rotatable bonds is 4. The lowest BCUT2D eigenvalue weighted by Crippen LogP contribution is -2.05. The molecule has 0 fully saturated rings. The van der Waals surface area contributed by atoms with Crippen LogP contribution in [-0.4, -0.2) is 23.7 Å². The SMILES string of the molecule is O=C1OC(c2ccccc2)=N/C1=C\c1ccc(/C=C2\N=C(c3ccccc3)OC2=O)cc1. The van der Waals surface area contributed by atoms with E-state index in [0.29, 0.717) is 0 Å². The monoisotopic (exact) mass is 420 g/mol. The first-order valence-corrected chi connectivity index (χ1v) is 9.92. The maximum atomic E-state index is 12.2. The number of hydrogen-bond acceptors (Lipinski definition) is 6. The van der Waals surface area contributed by atoms with Crippen LogP contribution in [0.5, 0.6) is 0 Å². The Bertz CT molecular complexity index is 1210. The molecule has 2 aliphatic rings. The Morgan fingerprint density at radius 1 is 0.531 bits per heavy atom. The zero-order valence-electron chi connectivity index (χ0n) is 16.8. The molecule has 0 bridgehead atoms. The van der Waals surface area contributed by atoms with Gasteiger partial charge in [0, 0.05) is 11.1 Å². The van der Waals surface area contributed by atoms with Crippen molar-refractivity contribution in [3.8, 4) is 0 Å². The van der Waals surface area contributed by atoms with Crippen molar-refractivity contribution >= 4 is 35.9 Å². The standard InChI is InChI=1S/C26H16N2O4/c29-25-21(27-23(31-25)19-7-3-1-4-8-19)15-17-11-13-18(14-12-17)16-22-26(30)32-24(28-22)20-9-5-2-6-10-20/h1-16H/b21-15-,22-16-.